The van der Waals surface area contributed by atoms with Gasteiger partial charge in [-0.15, -0.1) is 0 Å². The van der Waals surface area contributed by atoms with Gasteiger partial charge in [-0.25, -0.2) is 0 Å². The van der Waals surface area contributed by atoms with Crippen molar-refractivity contribution in [3.8, 4) is 0 Å². The number of hydrogen-bond donors (Lipinski definition) is 2. The second-order valence-corrected chi connectivity index (χ2v) is 6.98. The van der Waals surface area contributed by atoms with Crippen LogP contribution in [0.4, 0.5) is 0 Å². The van der Waals surface area contributed by atoms with Crippen molar-refractivity contribution >= 4 is 16.9 Å². The van der Waals surface area contributed by atoms with Crippen molar-refractivity contribution in [1.82, 2.24) is 14.9 Å². The number of piperidine rings is 1. The third-order valence-corrected chi connectivity index (χ3v) is 5.54. The van der Waals surface area contributed by atoms with E-state index in [1.165, 1.54) is 5.56 Å². The van der Waals surface area contributed by atoms with Crippen LogP contribution in [0.3, 0.4) is 0 Å². The normalized spacial score (nSPS) is 16.7. The lowest BCUT2D eigenvalue weighted by Gasteiger charge is -2.36. The molecule has 0 radical (unpaired) electrons. The van der Waals surface area contributed by atoms with Crippen LogP contribution in [-0.4, -0.2) is 40.4 Å². The minimum absolute atomic E-state index is 0.0670. The smallest absolute Gasteiger partial charge is 0.257 e. The molecule has 0 aliphatic carbocycles. The molecule has 1 aromatic carbocycles. The third kappa shape index (κ3) is 3.10. The van der Waals surface area contributed by atoms with Crippen LogP contribution in [0.1, 0.15) is 34.7 Å². The Morgan fingerprint density at radius 3 is 2.69 bits per heavy atom. The zero-order chi connectivity index (χ0) is 17.9. The lowest BCUT2D eigenvalue weighted by Crippen LogP contribution is -2.40. The molecule has 1 atom stereocenters. The molecular formula is C21H24N4O. The van der Waals surface area contributed by atoms with E-state index in [2.05, 4.69) is 34.2 Å². The van der Waals surface area contributed by atoms with E-state index in [0.717, 1.165) is 37.0 Å². The highest BCUT2D eigenvalue weighted by Crippen LogP contribution is 2.32. The molecule has 2 aromatic heterocycles. The maximum atomic E-state index is 12.9. The Morgan fingerprint density at radius 2 is 1.96 bits per heavy atom. The van der Waals surface area contributed by atoms with Gasteiger partial charge in [-0.2, -0.15) is 0 Å². The highest BCUT2D eigenvalue weighted by molar-refractivity contribution is 6.05. The van der Waals surface area contributed by atoms with Crippen LogP contribution in [0, 0.1) is 5.92 Å². The standard InChI is InChI=1S/C21H24N4O/c22-13-17(15-5-2-1-3-6-15)16-8-11-25(12-9-16)21(26)18-14-24-19-7-4-10-23-20(18)19/h1-7,10,14,16-17,24H,8-9,11-13,22H2. The van der Waals surface area contributed by atoms with Gasteiger partial charge in [0.05, 0.1) is 11.1 Å². The summed E-state index contributed by atoms with van der Waals surface area (Å²) < 4.78 is 0. The summed E-state index contributed by atoms with van der Waals surface area (Å²) in [6, 6.07) is 14.3. The van der Waals surface area contributed by atoms with E-state index < -0.39 is 0 Å². The van der Waals surface area contributed by atoms with Gasteiger partial charge >= 0.3 is 0 Å². The van der Waals surface area contributed by atoms with Crippen LogP contribution < -0.4 is 5.73 Å². The first-order valence-electron chi connectivity index (χ1n) is 9.24. The van der Waals surface area contributed by atoms with Gasteiger partial charge in [-0.05, 0) is 48.9 Å². The summed E-state index contributed by atoms with van der Waals surface area (Å²) in [6.45, 7) is 2.19. The van der Waals surface area contributed by atoms with Crippen molar-refractivity contribution in [2.24, 2.45) is 11.7 Å². The highest BCUT2D eigenvalue weighted by atomic mass is 16.2. The number of aromatic amines is 1. The van der Waals surface area contributed by atoms with Gasteiger partial charge < -0.3 is 15.6 Å². The number of nitrogens with zero attached hydrogens (tertiary/aromatic N) is 2. The summed E-state index contributed by atoms with van der Waals surface area (Å²) in [4.78, 5) is 22.4. The second kappa shape index (κ2) is 7.30. The predicted octanol–water partition coefficient (Wildman–Crippen LogP) is 3.16. The summed E-state index contributed by atoms with van der Waals surface area (Å²) in [5, 5.41) is 0. The first-order valence-corrected chi connectivity index (χ1v) is 9.24. The van der Waals surface area contributed by atoms with Crippen LogP contribution in [0.2, 0.25) is 0 Å². The molecule has 1 fully saturated rings. The maximum absolute atomic E-state index is 12.9. The van der Waals surface area contributed by atoms with E-state index in [0.29, 0.717) is 23.9 Å². The fourth-order valence-electron chi connectivity index (χ4n) is 4.09. The van der Waals surface area contributed by atoms with Crippen molar-refractivity contribution in [3.05, 3.63) is 66.0 Å². The monoisotopic (exact) mass is 348 g/mol. The number of amides is 1. The largest absolute Gasteiger partial charge is 0.359 e. The van der Waals surface area contributed by atoms with Crippen molar-refractivity contribution < 1.29 is 4.79 Å². The van der Waals surface area contributed by atoms with E-state index in [-0.39, 0.29) is 5.91 Å². The lowest BCUT2D eigenvalue weighted by molar-refractivity contribution is 0.0680. The van der Waals surface area contributed by atoms with Gasteiger partial charge in [-0.1, -0.05) is 30.3 Å². The Labute approximate surface area is 153 Å². The molecule has 5 heteroatoms. The number of likely N-dealkylation sites (tertiary alicyclic amines) is 1. The number of aromatic nitrogens is 2. The predicted molar refractivity (Wildman–Crippen MR) is 103 cm³/mol. The van der Waals surface area contributed by atoms with Gasteiger partial charge in [0.1, 0.15) is 5.52 Å². The van der Waals surface area contributed by atoms with E-state index in [1.807, 2.05) is 23.1 Å². The average Bonchev–Trinajstić information content (AvgIpc) is 3.13. The molecule has 3 N–H and O–H groups in total. The zero-order valence-electron chi connectivity index (χ0n) is 14.8. The maximum Gasteiger partial charge on any atom is 0.257 e. The van der Waals surface area contributed by atoms with E-state index in [9.17, 15) is 4.79 Å². The SMILES string of the molecule is NCC(c1ccccc1)C1CCN(C(=O)c2c[nH]c3cccnc23)CC1. The van der Waals surface area contributed by atoms with Gasteiger partial charge in [-0.3, -0.25) is 9.78 Å². The Bertz CT molecular complexity index is 881. The summed E-state index contributed by atoms with van der Waals surface area (Å²) in [7, 11) is 0. The molecule has 1 aliphatic rings. The van der Waals surface area contributed by atoms with Gasteiger partial charge in [0, 0.05) is 25.5 Å². The molecule has 0 spiro atoms. The number of fused-ring (bicyclic) bond motifs is 1. The van der Waals surface area contributed by atoms with Gasteiger partial charge in [0.25, 0.3) is 5.91 Å². The van der Waals surface area contributed by atoms with Crippen LogP contribution in [0.25, 0.3) is 11.0 Å². The number of carbonyl (C=O) groups is 1. The fraction of sp³-hybridized carbons (Fsp3) is 0.333. The Hall–Kier alpha value is -2.66. The third-order valence-electron chi connectivity index (χ3n) is 5.54. The molecule has 1 aliphatic heterocycles. The highest BCUT2D eigenvalue weighted by Gasteiger charge is 2.30. The van der Waals surface area contributed by atoms with Crippen LogP contribution in [-0.2, 0) is 0 Å². The van der Waals surface area contributed by atoms with Crippen molar-refractivity contribution in [2.75, 3.05) is 19.6 Å². The number of hydrogen-bond acceptors (Lipinski definition) is 3. The molecule has 4 rings (SSSR count). The fourth-order valence-corrected chi connectivity index (χ4v) is 4.09. The summed E-state index contributed by atoms with van der Waals surface area (Å²) >= 11 is 0. The topological polar surface area (TPSA) is 75.0 Å². The molecule has 26 heavy (non-hydrogen) atoms. The van der Waals surface area contributed by atoms with E-state index >= 15 is 0 Å². The van der Waals surface area contributed by atoms with Crippen LogP contribution in [0.15, 0.2) is 54.9 Å². The number of carbonyl (C=O) groups excluding carboxylic acids is 1. The van der Waals surface area contributed by atoms with E-state index in [1.54, 1.807) is 12.4 Å². The van der Waals surface area contributed by atoms with Gasteiger partial charge in [0.15, 0.2) is 0 Å². The molecule has 1 unspecified atom stereocenters. The first-order chi connectivity index (χ1) is 12.8. The zero-order valence-corrected chi connectivity index (χ0v) is 14.8. The Morgan fingerprint density at radius 1 is 1.19 bits per heavy atom. The molecule has 1 amide bonds. The molecule has 134 valence electrons. The number of nitrogens with one attached hydrogen (secondary N) is 1. The van der Waals surface area contributed by atoms with Crippen molar-refractivity contribution in [2.45, 2.75) is 18.8 Å². The number of rotatable bonds is 4. The van der Waals surface area contributed by atoms with Crippen molar-refractivity contribution in [1.29, 1.82) is 0 Å². The lowest BCUT2D eigenvalue weighted by atomic mass is 9.80. The van der Waals surface area contributed by atoms with Crippen LogP contribution in [0.5, 0.6) is 0 Å². The first kappa shape index (κ1) is 16.8. The quantitative estimate of drug-likeness (QED) is 0.760. The van der Waals surface area contributed by atoms with Crippen molar-refractivity contribution in [3.63, 3.8) is 0 Å². The number of H-pyrrole nitrogens is 1. The molecular weight excluding hydrogens is 324 g/mol. The molecule has 5 nitrogen and oxygen atoms in total. The van der Waals surface area contributed by atoms with E-state index in [4.69, 9.17) is 5.73 Å². The number of pyridine rings is 1. The number of nitrogens with two attached hydrogens (primary N) is 1. The summed E-state index contributed by atoms with van der Waals surface area (Å²) in [6.07, 6.45) is 5.47. The molecule has 0 saturated carbocycles. The molecule has 3 aromatic rings. The molecule has 0 bridgehead atoms. The second-order valence-electron chi connectivity index (χ2n) is 6.98. The molecule has 3 heterocycles. The van der Waals surface area contributed by atoms with Gasteiger partial charge in [0.2, 0.25) is 0 Å². The minimum atomic E-state index is 0.0670. The number of benzene rings is 1. The summed E-state index contributed by atoms with van der Waals surface area (Å²) in [5.41, 5.74) is 9.70. The molecule has 1 saturated heterocycles. The van der Waals surface area contributed by atoms with Crippen LogP contribution >= 0.6 is 0 Å². The Balaban J connectivity index is 1.45. The summed E-state index contributed by atoms with van der Waals surface area (Å²) in [5.74, 6) is 0.952. The Kier molecular flexibility index (Phi) is 4.71. The minimum Gasteiger partial charge on any atom is -0.359 e. The average molecular weight is 348 g/mol.